The third-order valence-electron chi connectivity index (χ3n) is 2.46. The first-order valence-electron chi connectivity index (χ1n) is 4.32. The van der Waals surface area contributed by atoms with Crippen LogP contribution in [-0.4, -0.2) is 4.98 Å². The molecule has 1 fully saturated rings. The molecule has 60 valence electrons. The molecule has 0 aromatic carbocycles. The predicted molar refractivity (Wildman–Crippen MR) is 42.2 cm³/mol. The van der Waals surface area contributed by atoms with Gasteiger partial charge in [-0.3, -0.25) is 0 Å². The molecular formula is C9H13NO. The van der Waals surface area contributed by atoms with Crippen LogP contribution < -0.4 is 0 Å². The number of rotatable bonds is 2. The van der Waals surface area contributed by atoms with E-state index in [0.717, 1.165) is 18.0 Å². The Kier molecular flexibility index (Phi) is 1.93. The number of aromatic nitrogens is 1. The van der Waals surface area contributed by atoms with Gasteiger partial charge in [0.05, 0.1) is 5.69 Å². The first kappa shape index (κ1) is 6.89. The second kappa shape index (κ2) is 3.07. The number of oxazole rings is 1. The maximum atomic E-state index is 4.91. The van der Waals surface area contributed by atoms with Crippen molar-refractivity contribution in [2.75, 3.05) is 0 Å². The molecule has 1 aromatic rings. The third kappa shape index (κ3) is 1.62. The summed E-state index contributed by atoms with van der Waals surface area (Å²) in [5.41, 5.74) is 1.12. The highest BCUT2D eigenvalue weighted by Gasteiger charge is 2.15. The summed E-state index contributed by atoms with van der Waals surface area (Å²) in [5.74, 6) is 0.875. The van der Waals surface area contributed by atoms with Crippen molar-refractivity contribution in [3.63, 3.8) is 0 Å². The molecule has 11 heavy (non-hydrogen) atoms. The van der Waals surface area contributed by atoms with Crippen LogP contribution in [0.1, 0.15) is 31.4 Å². The third-order valence-corrected chi connectivity index (χ3v) is 2.46. The molecule has 0 radical (unpaired) electrons. The Morgan fingerprint density at radius 3 is 2.91 bits per heavy atom. The highest BCUT2D eigenvalue weighted by Crippen LogP contribution is 2.27. The number of hydrogen-bond acceptors (Lipinski definition) is 2. The molecular weight excluding hydrogens is 138 g/mol. The molecule has 0 amide bonds. The fraction of sp³-hybridized carbons (Fsp3) is 0.667. The zero-order chi connectivity index (χ0) is 7.52. The van der Waals surface area contributed by atoms with Crippen LogP contribution in [0.2, 0.25) is 0 Å². The molecule has 0 bridgehead atoms. The Labute approximate surface area is 66.6 Å². The zero-order valence-electron chi connectivity index (χ0n) is 6.62. The lowest BCUT2D eigenvalue weighted by molar-refractivity contribution is 0.530. The van der Waals surface area contributed by atoms with Gasteiger partial charge in [0, 0.05) is 0 Å². The topological polar surface area (TPSA) is 26.0 Å². The van der Waals surface area contributed by atoms with Crippen LogP contribution in [0.3, 0.4) is 0 Å². The molecule has 2 heteroatoms. The highest BCUT2D eigenvalue weighted by atomic mass is 16.3. The van der Waals surface area contributed by atoms with Crippen LogP contribution in [-0.2, 0) is 6.42 Å². The molecule has 0 unspecified atom stereocenters. The van der Waals surface area contributed by atoms with Gasteiger partial charge in [-0.15, -0.1) is 0 Å². The summed E-state index contributed by atoms with van der Waals surface area (Å²) in [4.78, 5) is 4.11. The molecule has 1 aliphatic carbocycles. The first-order valence-corrected chi connectivity index (χ1v) is 4.32. The van der Waals surface area contributed by atoms with Crippen molar-refractivity contribution < 1.29 is 4.42 Å². The van der Waals surface area contributed by atoms with Gasteiger partial charge in [0.2, 0.25) is 0 Å². The van der Waals surface area contributed by atoms with Crippen LogP contribution in [0.15, 0.2) is 17.1 Å². The van der Waals surface area contributed by atoms with Crippen molar-refractivity contribution in [2.45, 2.75) is 32.1 Å². The minimum atomic E-state index is 0.875. The largest absolute Gasteiger partial charge is 0.451 e. The average Bonchev–Trinajstić information content (AvgIpc) is 2.60. The SMILES string of the molecule is c1nc(CC2CCCC2)co1. The fourth-order valence-corrected chi connectivity index (χ4v) is 1.85. The monoisotopic (exact) mass is 151 g/mol. The van der Waals surface area contributed by atoms with E-state index in [1.807, 2.05) is 0 Å². The number of nitrogens with zero attached hydrogens (tertiary/aromatic N) is 1. The molecule has 0 N–H and O–H groups in total. The van der Waals surface area contributed by atoms with Gasteiger partial charge in [-0.05, 0) is 12.3 Å². The van der Waals surface area contributed by atoms with Crippen LogP contribution >= 0.6 is 0 Å². The van der Waals surface area contributed by atoms with Crippen molar-refractivity contribution in [1.82, 2.24) is 4.98 Å². The van der Waals surface area contributed by atoms with Gasteiger partial charge in [-0.25, -0.2) is 4.98 Å². The number of hydrogen-bond donors (Lipinski definition) is 0. The predicted octanol–water partition coefficient (Wildman–Crippen LogP) is 2.41. The molecule has 1 aliphatic rings. The molecule has 0 spiro atoms. The van der Waals surface area contributed by atoms with Crippen LogP contribution in [0.25, 0.3) is 0 Å². The molecule has 0 saturated heterocycles. The van der Waals surface area contributed by atoms with E-state index in [0.29, 0.717) is 0 Å². The molecule has 2 rings (SSSR count). The van der Waals surface area contributed by atoms with Crippen molar-refractivity contribution in [1.29, 1.82) is 0 Å². The maximum Gasteiger partial charge on any atom is 0.180 e. The second-order valence-electron chi connectivity index (χ2n) is 3.33. The van der Waals surface area contributed by atoms with Gasteiger partial charge in [0.1, 0.15) is 6.26 Å². The minimum absolute atomic E-state index is 0.875. The smallest absolute Gasteiger partial charge is 0.180 e. The molecule has 1 saturated carbocycles. The normalized spacial score (nSPS) is 19.3. The average molecular weight is 151 g/mol. The van der Waals surface area contributed by atoms with Gasteiger partial charge in [0.15, 0.2) is 6.39 Å². The zero-order valence-corrected chi connectivity index (χ0v) is 6.62. The van der Waals surface area contributed by atoms with E-state index in [4.69, 9.17) is 4.42 Å². The van der Waals surface area contributed by atoms with Crippen molar-refractivity contribution >= 4 is 0 Å². The van der Waals surface area contributed by atoms with E-state index in [9.17, 15) is 0 Å². The van der Waals surface area contributed by atoms with Gasteiger partial charge in [-0.2, -0.15) is 0 Å². The van der Waals surface area contributed by atoms with Crippen molar-refractivity contribution in [3.05, 3.63) is 18.4 Å². The minimum Gasteiger partial charge on any atom is -0.451 e. The van der Waals surface area contributed by atoms with Gasteiger partial charge >= 0.3 is 0 Å². The van der Waals surface area contributed by atoms with E-state index in [2.05, 4.69) is 4.98 Å². The van der Waals surface area contributed by atoms with Gasteiger partial charge < -0.3 is 4.42 Å². The Morgan fingerprint density at radius 1 is 1.45 bits per heavy atom. The molecule has 0 aliphatic heterocycles. The summed E-state index contributed by atoms with van der Waals surface area (Å²) in [6, 6.07) is 0. The van der Waals surface area contributed by atoms with E-state index >= 15 is 0 Å². The molecule has 2 nitrogen and oxygen atoms in total. The standard InChI is InChI=1S/C9H13NO/c1-2-4-8(3-1)5-9-6-11-7-10-9/h6-8H,1-5H2. The van der Waals surface area contributed by atoms with Crippen molar-refractivity contribution in [2.24, 2.45) is 5.92 Å². The lowest BCUT2D eigenvalue weighted by atomic mass is 10.0. The maximum absolute atomic E-state index is 4.91. The van der Waals surface area contributed by atoms with E-state index in [-0.39, 0.29) is 0 Å². The van der Waals surface area contributed by atoms with Crippen LogP contribution in [0.5, 0.6) is 0 Å². The van der Waals surface area contributed by atoms with Crippen LogP contribution in [0, 0.1) is 5.92 Å². The Bertz CT molecular complexity index is 199. The summed E-state index contributed by atoms with van der Waals surface area (Å²) in [6.07, 6.45) is 9.98. The lowest BCUT2D eigenvalue weighted by Gasteiger charge is -2.03. The summed E-state index contributed by atoms with van der Waals surface area (Å²) in [7, 11) is 0. The molecule has 0 atom stereocenters. The summed E-state index contributed by atoms with van der Waals surface area (Å²) < 4.78 is 4.91. The van der Waals surface area contributed by atoms with Crippen molar-refractivity contribution in [3.8, 4) is 0 Å². The van der Waals surface area contributed by atoms with E-state index in [1.54, 1.807) is 6.26 Å². The molecule has 1 aromatic heterocycles. The Hall–Kier alpha value is -0.790. The quantitative estimate of drug-likeness (QED) is 0.648. The Morgan fingerprint density at radius 2 is 2.27 bits per heavy atom. The summed E-state index contributed by atoms with van der Waals surface area (Å²) >= 11 is 0. The Balaban J connectivity index is 1.90. The second-order valence-corrected chi connectivity index (χ2v) is 3.33. The fourth-order valence-electron chi connectivity index (χ4n) is 1.85. The summed E-state index contributed by atoms with van der Waals surface area (Å²) in [6.45, 7) is 0. The van der Waals surface area contributed by atoms with Gasteiger partial charge in [-0.1, -0.05) is 25.7 Å². The van der Waals surface area contributed by atoms with Gasteiger partial charge in [0.25, 0.3) is 0 Å². The van der Waals surface area contributed by atoms with E-state index < -0.39 is 0 Å². The first-order chi connectivity index (χ1) is 5.45. The van der Waals surface area contributed by atoms with Crippen LogP contribution in [0.4, 0.5) is 0 Å². The summed E-state index contributed by atoms with van der Waals surface area (Å²) in [5, 5.41) is 0. The molecule has 1 heterocycles. The lowest BCUT2D eigenvalue weighted by Crippen LogP contribution is -1.98. The highest BCUT2D eigenvalue weighted by molar-refractivity contribution is 4.93. The van der Waals surface area contributed by atoms with E-state index in [1.165, 1.54) is 32.1 Å².